The zero-order valence-electron chi connectivity index (χ0n) is 12.6. The molecule has 21 heavy (non-hydrogen) atoms. The zero-order valence-corrected chi connectivity index (χ0v) is 14.1. The molecule has 0 unspecified atom stereocenters. The highest BCUT2D eigenvalue weighted by Crippen LogP contribution is 2.29. The Balaban J connectivity index is 1.98. The summed E-state index contributed by atoms with van der Waals surface area (Å²) in [6.45, 7) is 7.30. The third-order valence-electron chi connectivity index (χ3n) is 4.18. The molecule has 1 amide bonds. The number of hydrogen-bond donors (Lipinski definition) is 0. The first-order valence-electron chi connectivity index (χ1n) is 7.55. The second-order valence-electron chi connectivity index (χ2n) is 5.42. The topological polar surface area (TPSA) is 23.6 Å². The summed E-state index contributed by atoms with van der Waals surface area (Å²) >= 11 is 12.2. The van der Waals surface area contributed by atoms with Crippen molar-refractivity contribution in [1.82, 2.24) is 4.90 Å². The normalized spacial score (nSPS) is 15.7. The van der Waals surface area contributed by atoms with Crippen LogP contribution in [0, 0.1) is 5.92 Å². The number of hydrogen-bond acceptors (Lipinski definition) is 2. The molecule has 0 N–H and O–H groups in total. The van der Waals surface area contributed by atoms with Gasteiger partial charge in [-0.25, -0.2) is 0 Å². The molecule has 0 radical (unpaired) electrons. The maximum Gasteiger partial charge on any atom is 0.225 e. The van der Waals surface area contributed by atoms with Crippen molar-refractivity contribution in [2.24, 2.45) is 5.92 Å². The number of rotatable bonds is 4. The summed E-state index contributed by atoms with van der Waals surface area (Å²) in [4.78, 5) is 16.6. The van der Waals surface area contributed by atoms with Crippen LogP contribution in [0.3, 0.4) is 0 Å². The van der Waals surface area contributed by atoms with Gasteiger partial charge in [-0.05, 0) is 31.0 Å². The molecule has 0 atom stereocenters. The van der Waals surface area contributed by atoms with Crippen LogP contribution in [0.25, 0.3) is 0 Å². The van der Waals surface area contributed by atoms with Crippen LogP contribution in [-0.4, -0.2) is 37.0 Å². The summed E-state index contributed by atoms with van der Waals surface area (Å²) in [7, 11) is 0. The van der Waals surface area contributed by atoms with Gasteiger partial charge < -0.3 is 9.80 Å². The van der Waals surface area contributed by atoms with Crippen molar-refractivity contribution in [3.05, 3.63) is 28.2 Å². The van der Waals surface area contributed by atoms with E-state index in [0.29, 0.717) is 16.0 Å². The molecule has 1 aromatic carbocycles. The third-order valence-corrected chi connectivity index (χ3v) is 4.71. The average molecular weight is 329 g/mol. The molecule has 1 aliphatic rings. The first kappa shape index (κ1) is 16.4. The van der Waals surface area contributed by atoms with Crippen LogP contribution in [0.15, 0.2) is 18.2 Å². The van der Waals surface area contributed by atoms with E-state index in [-0.39, 0.29) is 5.92 Å². The summed E-state index contributed by atoms with van der Waals surface area (Å²) < 4.78 is 0. The molecule has 116 valence electrons. The van der Waals surface area contributed by atoms with Gasteiger partial charge in [0.15, 0.2) is 0 Å². The van der Waals surface area contributed by atoms with E-state index in [9.17, 15) is 4.79 Å². The van der Waals surface area contributed by atoms with Crippen LogP contribution in [0.2, 0.25) is 10.0 Å². The molecule has 3 nitrogen and oxygen atoms in total. The molecule has 2 rings (SSSR count). The second kappa shape index (κ2) is 7.37. The van der Waals surface area contributed by atoms with Gasteiger partial charge in [0.05, 0.1) is 10.7 Å². The van der Waals surface area contributed by atoms with E-state index < -0.39 is 0 Å². The summed E-state index contributed by atoms with van der Waals surface area (Å²) in [5, 5.41) is 1.31. The van der Waals surface area contributed by atoms with Crippen LogP contribution in [0.5, 0.6) is 0 Å². The number of carbonyl (C=O) groups excluding carboxylic acids is 1. The second-order valence-corrected chi connectivity index (χ2v) is 6.27. The summed E-state index contributed by atoms with van der Waals surface area (Å²) in [6.07, 6.45) is 1.83. The Labute approximate surface area is 136 Å². The number of benzene rings is 1. The fourth-order valence-electron chi connectivity index (χ4n) is 2.80. The molecule has 0 spiro atoms. The quantitative estimate of drug-likeness (QED) is 0.831. The molecule has 1 aromatic rings. The van der Waals surface area contributed by atoms with Crippen molar-refractivity contribution in [2.75, 3.05) is 31.1 Å². The molecule has 0 bridgehead atoms. The molecule has 0 saturated carbocycles. The van der Waals surface area contributed by atoms with Crippen molar-refractivity contribution in [3.63, 3.8) is 0 Å². The number of anilines is 1. The smallest absolute Gasteiger partial charge is 0.225 e. The summed E-state index contributed by atoms with van der Waals surface area (Å²) in [5.41, 5.74) is 0.996. The highest BCUT2D eigenvalue weighted by atomic mass is 35.5. The standard InChI is InChI=1S/C16H22Cl2N2O/c1-3-12(4-2)16(21)20-9-7-19(8-10-20)15-6-5-13(17)11-14(15)18/h5-6,11-12H,3-4,7-10H2,1-2H3. The lowest BCUT2D eigenvalue weighted by Crippen LogP contribution is -2.50. The predicted molar refractivity (Wildman–Crippen MR) is 89.3 cm³/mol. The number of halogens is 2. The van der Waals surface area contributed by atoms with Crippen LogP contribution < -0.4 is 4.90 Å². The summed E-state index contributed by atoms with van der Waals surface area (Å²) in [6, 6.07) is 5.56. The Hall–Kier alpha value is -0.930. The largest absolute Gasteiger partial charge is 0.367 e. The van der Waals surface area contributed by atoms with Crippen LogP contribution in [-0.2, 0) is 4.79 Å². The first-order valence-corrected chi connectivity index (χ1v) is 8.31. The van der Waals surface area contributed by atoms with Gasteiger partial charge in [0.2, 0.25) is 5.91 Å². The predicted octanol–water partition coefficient (Wildman–Crippen LogP) is 4.08. The van der Waals surface area contributed by atoms with E-state index in [4.69, 9.17) is 23.2 Å². The third kappa shape index (κ3) is 3.83. The Morgan fingerprint density at radius 3 is 2.29 bits per heavy atom. The van der Waals surface area contributed by atoms with Crippen molar-refractivity contribution >= 4 is 34.8 Å². The molecule has 1 fully saturated rings. The van der Waals surface area contributed by atoms with Crippen molar-refractivity contribution < 1.29 is 4.79 Å². The fourth-order valence-corrected chi connectivity index (χ4v) is 3.33. The van der Waals surface area contributed by atoms with Crippen LogP contribution in [0.1, 0.15) is 26.7 Å². The minimum atomic E-state index is 0.163. The number of piperazine rings is 1. The van der Waals surface area contributed by atoms with Crippen molar-refractivity contribution in [1.29, 1.82) is 0 Å². The van der Waals surface area contributed by atoms with E-state index in [2.05, 4.69) is 18.7 Å². The van der Waals surface area contributed by atoms with Gasteiger partial charge in [-0.15, -0.1) is 0 Å². The van der Waals surface area contributed by atoms with Gasteiger partial charge in [-0.2, -0.15) is 0 Å². The Bertz CT molecular complexity index is 495. The highest BCUT2D eigenvalue weighted by molar-refractivity contribution is 6.36. The SMILES string of the molecule is CCC(CC)C(=O)N1CCN(c2ccc(Cl)cc2Cl)CC1. The molecule has 1 saturated heterocycles. The zero-order chi connectivity index (χ0) is 15.4. The average Bonchev–Trinajstić information content (AvgIpc) is 2.48. The minimum absolute atomic E-state index is 0.163. The maximum absolute atomic E-state index is 12.4. The maximum atomic E-state index is 12.4. The molecule has 1 aliphatic heterocycles. The lowest BCUT2D eigenvalue weighted by atomic mass is 10.0. The number of amides is 1. The van der Waals surface area contributed by atoms with E-state index in [1.54, 1.807) is 6.07 Å². The van der Waals surface area contributed by atoms with E-state index >= 15 is 0 Å². The lowest BCUT2D eigenvalue weighted by Gasteiger charge is -2.37. The molecule has 1 heterocycles. The van der Waals surface area contributed by atoms with Gasteiger partial charge in [0, 0.05) is 37.1 Å². The monoisotopic (exact) mass is 328 g/mol. The highest BCUT2D eigenvalue weighted by Gasteiger charge is 2.26. The molecular formula is C16H22Cl2N2O. The lowest BCUT2D eigenvalue weighted by molar-refractivity contribution is -0.136. The molecular weight excluding hydrogens is 307 g/mol. The Morgan fingerprint density at radius 2 is 1.76 bits per heavy atom. The number of carbonyl (C=O) groups is 1. The molecule has 0 aliphatic carbocycles. The van der Waals surface area contributed by atoms with Gasteiger partial charge in [-0.1, -0.05) is 37.0 Å². The van der Waals surface area contributed by atoms with Crippen LogP contribution in [0.4, 0.5) is 5.69 Å². The first-order chi connectivity index (χ1) is 10.1. The van der Waals surface area contributed by atoms with Gasteiger partial charge in [0.1, 0.15) is 0 Å². The Morgan fingerprint density at radius 1 is 1.14 bits per heavy atom. The van der Waals surface area contributed by atoms with Gasteiger partial charge in [0.25, 0.3) is 0 Å². The van der Waals surface area contributed by atoms with Gasteiger partial charge in [-0.3, -0.25) is 4.79 Å². The van der Waals surface area contributed by atoms with Crippen molar-refractivity contribution in [3.8, 4) is 0 Å². The van der Waals surface area contributed by atoms with Gasteiger partial charge >= 0.3 is 0 Å². The minimum Gasteiger partial charge on any atom is -0.367 e. The Kier molecular flexibility index (Phi) is 5.77. The number of nitrogens with zero attached hydrogens (tertiary/aromatic N) is 2. The van der Waals surface area contributed by atoms with Crippen molar-refractivity contribution in [2.45, 2.75) is 26.7 Å². The fraction of sp³-hybridized carbons (Fsp3) is 0.562. The molecule has 0 aromatic heterocycles. The molecule has 5 heteroatoms. The van der Waals surface area contributed by atoms with E-state index in [1.807, 2.05) is 17.0 Å². The van der Waals surface area contributed by atoms with Crippen LogP contribution >= 0.6 is 23.2 Å². The summed E-state index contributed by atoms with van der Waals surface area (Å²) in [5.74, 6) is 0.456. The van der Waals surface area contributed by atoms with E-state index in [1.165, 1.54) is 0 Å². The van der Waals surface area contributed by atoms with E-state index in [0.717, 1.165) is 44.7 Å².